The molecule has 41 heavy (non-hydrogen) atoms. The molecule has 2 heterocycles. The molecule has 0 aromatic heterocycles. The maximum absolute atomic E-state index is 13.7. The van der Waals surface area contributed by atoms with E-state index in [0.717, 1.165) is 70.8 Å². The molecule has 5 rings (SSSR count). The summed E-state index contributed by atoms with van der Waals surface area (Å²) in [5.41, 5.74) is 4.92. The Hall–Kier alpha value is -2.31. The van der Waals surface area contributed by atoms with Crippen LogP contribution >= 0.6 is 12.4 Å². The monoisotopic (exact) mass is 581 g/mol. The third-order valence-corrected chi connectivity index (χ3v) is 9.18. The van der Waals surface area contributed by atoms with Crippen molar-refractivity contribution in [2.24, 2.45) is 5.92 Å². The minimum atomic E-state index is -0.194. The Kier molecular flexibility index (Phi) is 11.8. The Balaban J connectivity index is 0.00000387. The predicted molar refractivity (Wildman–Crippen MR) is 169 cm³/mol. The van der Waals surface area contributed by atoms with Gasteiger partial charge in [-0.05, 0) is 118 Å². The highest BCUT2D eigenvalue weighted by Crippen LogP contribution is 2.34. The van der Waals surface area contributed by atoms with Gasteiger partial charge in [-0.3, -0.25) is 0 Å². The van der Waals surface area contributed by atoms with Gasteiger partial charge in [-0.2, -0.15) is 0 Å². The highest BCUT2D eigenvalue weighted by molar-refractivity contribution is 5.85. The van der Waals surface area contributed by atoms with Crippen LogP contribution in [0.3, 0.4) is 0 Å². The summed E-state index contributed by atoms with van der Waals surface area (Å²) in [6, 6.07) is 23.3. The third kappa shape index (κ3) is 8.61. The molecule has 1 atom stereocenters. The van der Waals surface area contributed by atoms with Crippen molar-refractivity contribution in [3.05, 3.63) is 95.6 Å². The molecule has 0 saturated carbocycles. The molecular weight excluding hydrogens is 536 g/mol. The van der Waals surface area contributed by atoms with Gasteiger partial charge in [0.25, 0.3) is 0 Å². The zero-order valence-electron chi connectivity index (χ0n) is 24.7. The van der Waals surface area contributed by atoms with Crippen molar-refractivity contribution in [1.29, 1.82) is 0 Å². The van der Waals surface area contributed by atoms with Crippen LogP contribution in [-0.2, 0) is 6.42 Å². The summed E-state index contributed by atoms with van der Waals surface area (Å²) < 4.78 is 27.2. The summed E-state index contributed by atoms with van der Waals surface area (Å²) in [6.07, 6.45) is 4.58. The molecule has 2 aliphatic rings. The van der Waals surface area contributed by atoms with E-state index >= 15 is 0 Å². The van der Waals surface area contributed by atoms with E-state index in [1.54, 1.807) is 24.3 Å². The lowest BCUT2D eigenvalue weighted by Gasteiger charge is -2.41. The quantitative estimate of drug-likeness (QED) is 0.245. The summed E-state index contributed by atoms with van der Waals surface area (Å²) in [7, 11) is 0. The Morgan fingerprint density at radius 1 is 0.732 bits per heavy atom. The van der Waals surface area contributed by atoms with Crippen LogP contribution in [0.5, 0.6) is 0 Å². The smallest absolute Gasteiger partial charge is 0.123 e. The lowest BCUT2D eigenvalue weighted by molar-refractivity contribution is 0.0968. The molecule has 2 saturated heterocycles. The Morgan fingerprint density at radius 3 is 1.95 bits per heavy atom. The van der Waals surface area contributed by atoms with E-state index in [4.69, 9.17) is 0 Å². The van der Waals surface area contributed by atoms with Crippen LogP contribution in [0.1, 0.15) is 50.2 Å². The maximum Gasteiger partial charge on any atom is 0.123 e. The number of likely N-dealkylation sites (tertiary alicyclic amines) is 1. The van der Waals surface area contributed by atoms with Crippen LogP contribution in [-0.4, -0.2) is 73.1 Å². The van der Waals surface area contributed by atoms with Crippen molar-refractivity contribution >= 4 is 12.4 Å². The molecule has 2 aliphatic heterocycles. The molecule has 3 aromatic carbocycles. The van der Waals surface area contributed by atoms with Crippen LogP contribution < -0.4 is 0 Å². The number of hydrogen-bond acceptors (Lipinski definition) is 3. The molecule has 0 N–H and O–H groups in total. The molecule has 222 valence electrons. The largest absolute Gasteiger partial charge is 0.301 e. The maximum atomic E-state index is 13.7. The molecule has 3 aromatic rings. The SMILES string of the molecule is CC(C)N1CCC(C(CN2CCN(CCCc3ccccc3-c3ccc(F)cc3)CC2)c2ccc(F)cc2)CC1.Cl. The van der Waals surface area contributed by atoms with E-state index in [1.807, 2.05) is 24.3 Å². The molecule has 3 nitrogen and oxygen atoms in total. The second-order valence-corrected chi connectivity index (χ2v) is 12.0. The van der Waals surface area contributed by atoms with Gasteiger partial charge in [0.1, 0.15) is 11.6 Å². The van der Waals surface area contributed by atoms with Gasteiger partial charge in [-0.25, -0.2) is 8.78 Å². The molecule has 1 unspecified atom stereocenters. The summed E-state index contributed by atoms with van der Waals surface area (Å²) in [4.78, 5) is 7.84. The van der Waals surface area contributed by atoms with E-state index < -0.39 is 0 Å². The molecule has 0 bridgehead atoms. The lowest BCUT2D eigenvalue weighted by Crippen LogP contribution is -2.49. The van der Waals surface area contributed by atoms with Gasteiger partial charge in [0, 0.05) is 38.8 Å². The van der Waals surface area contributed by atoms with E-state index in [-0.39, 0.29) is 24.0 Å². The standard InChI is InChI=1S/C35H45F2N3.ClH/c1-27(2)40-20-17-31(18-21-40)35(30-11-15-33(37)16-12-30)26-39-24-22-38(23-25-39)19-5-7-28-6-3-4-8-34(28)29-9-13-32(36)14-10-29;/h3-4,6,8-16,27,31,35H,5,7,17-26H2,1-2H3;1H. The summed E-state index contributed by atoms with van der Waals surface area (Å²) >= 11 is 0. The highest BCUT2D eigenvalue weighted by Gasteiger charge is 2.31. The minimum absolute atomic E-state index is 0. The summed E-state index contributed by atoms with van der Waals surface area (Å²) in [6.45, 7) is 13.5. The van der Waals surface area contributed by atoms with Crippen LogP contribution in [0.25, 0.3) is 11.1 Å². The van der Waals surface area contributed by atoms with Gasteiger partial charge < -0.3 is 14.7 Å². The van der Waals surface area contributed by atoms with Crippen molar-refractivity contribution in [2.75, 3.05) is 52.4 Å². The van der Waals surface area contributed by atoms with E-state index in [0.29, 0.717) is 17.9 Å². The number of piperazine rings is 1. The van der Waals surface area contributed by atoms with E-state index in [2.05, 4.69) is 52.8 Å². The Labute approximate surface area is 252 Å². The second kappa shape index (κ2) is 15.2. The first-order valence-corrected chi connectivity index (χ1v) is 15.2. The van der Waals surface area contributed by atoms with Crippen molar-refractivity contribution in [3.63, 3.8) is 0 Å². The van der Waals surface area contributed by atoms with Gasteiger partial charge >= 0.3 is 0 Å². The van der Waals surface area contributed by atoms with Crippen LogP contribution in [0.2, 0.25) is 0 Å². The molecule has 0 amide bonds. The van der Waals surface area contributed by atoms with Gasteiger partial charge in [-0.15, -0.1) is 12.4 Å². The van der Waals surface area contributed by atoms with Crippen LogP contribution in [0, 0.1) is 17.6 Å². The van der Waals surface area contributed by atoms with Crippen LogP contribution in [0.4, 0.5) is 8.78 Å². The fourth-order valence-corrected chi connectivity index (χ4v) is 6.69. The number of aryl methyl sites for hydroxylation is 1. The van der Waals surface area contributed by atoms with E-state index in [1.165, 1.54) is 29.5 Å². The van der Waals surface area contributed by atoms with Crippen molar-refractivity contribution < 1.29 is 8.78 Å². The lowest BCUT2D eigenvalue weighted by atomic mass is 9.79. The van der Waals surface area contributed by atoms with Crippen LogP contribution in [0.15, 0.2) is 72.8 Å². The van der Waals surface area contributed by atoms with Gasteiger partial charge in [0.2, 0.25) is 0 Å². The Morgan fingerprint density at radius 2 is 1.32 bits per heavy atom. The third-order valence-electron chi connectivity index (χ3n) is 9.18. The average molecular weight is 582 g/mol. The predicted octanol–water partition coefficient (Wildman–Crippen LogP) is 7.51. The number of hydrogen-bond donors (Lipinski definition) is 0. The molecule has 0 radical (unpaired) electrons. The normalized spacial score (nSPS) is 18.4. The minimum Gasteiger partial charge on any atom is -0.301 e. The van der Waals surface area contributed by atoms with Crippen molar-refractivity contribution in [1.82, 2.24) is 14.7 Å². The first-order chi connectivity index (χ1) is 19.5. The first-order valence-electron chi connectivity index (χ1n) is 15.2. The zero-order valence-corrected chi connectivity index (χ0v) is 25.5. The fraction of sp³-hybridized carbons (Fsp3) is 0.486. The topological polar surface area (TPSA) is 9.72 Å². The molecule has 2 fully saturated rings. The molecule has 0 aliphatic carbocycles. The number of nitrogens with zero attached hydrogens (tertiary/aromatic N) is 3. The zero-order chi connectivity index (χ0) is 27.9. The van der Waals surface area contributed by atoms with Crippen molar-refractivity contribution in [3.8, 4) is 11.1 Å². The molecule has 0 spiro atoms. The van der Waals surface area contributed by atoms with Crippen molar-refractivity contribution in [2.45, 2.75) is 51.5 Å². The van der Waals surface area contributed by atoms with Gasteiger partial charge in [-0.1, -0.05) is 48.5 Å². The number of halogens is 3. The van der Waals surface area contributed by atoms with Gasteiger partial charge in [0.15, 0.2) is 0 Å². The first kappa shape index (κ1) is 31.6. The number of piperidine rings is 1. The molecular formula is C35H46ClF2N3. The number of rotatable bonds is 10. The summed E-state index contributed by atoms with van der Waals surface area (Å²) in [5, 5.41) is 0. The fourth-order valence-electron chi connectivity index (χ4n) is 6.69. The Bertz CT molecular complexity index is 1180. The van der Waals surface area contributed by atoms with Gasteiger partial charge in [0.05, 0.1) is 0 Å². The second-order valence-electron chi connectivity index (χ2n) is 12.0. The number of benzene rings is 3. The van der Waals surface area contributed by atoms with E-state index in [9.17, 15) is 8.78 Å². The average Bonchev–Trinajstić information content (AvgIpc) is 2.98. The molecule has 6 heteroatoms. The summed E-state index contributed by atoms with van der Waals surface area (Å²) in [5.74, 6) is 0.774. The highest BCUT2D eigenvalue weighted by atomic mass is 35.5.